The average Bonchev–Trinajstić information content (AvgIpc) is 3.22. The quantitative estimate of drug-likeness (QED) is 0.0947. The number of aliphatic hydroxyl groups is 3. The lowest BCUT2D eigenvalue weighted by molar-refractivity contribution is -0.367. The van der Waals surface area contributed by atoms with Crippen LogP contribution in [-0.4, -0.2) is 98.3 Å². The molecule has 58 heavy (non-hydrogen) atoms. The number of benzene rings is 4. The standard InChI is InChI=1S/C46H60O11Si/c1-46(2,3)58(4,5)54-31-36-38(47)41(39(48)44(49)55-36)57-45-43(53-29-35-24-16-9-17-25-35)42(52-28-34-22-14-8-15-23-34)40(51-27-33-20-12-7-13-21-33)37(56-45)30-50-26-32-18-10-6-11-19-32/h6-25,36-45,47-49H,26-31H2,1-5H3/t36-,37-,38-,39+,40-,41+,42+,43-,44+,45+/m1/s1. The van der Waals surface area contributed by atoms with Crippen LogP contribution in [0.4, 0.5) is 0 Å². The monoisotopic (exact) mass is 816 g/mol. The Bertz CT molecular complexity index is 1760. The molecule has 0 unspecified atom stereocenters. The summed E-state index contributed by atoms with van der Waals surface area (Å²) in [5, 5.41) is 34.0. The molecule has 11 nitrogen and oxygen atoms in total. The first-order valence-corrected chi connectivity index (χ1v) is 23.0. The number of hydrogen-bond acceptors (Lipinski definition) is 11. The van der Waals surface area contributed by atoms with E-state index in [-0.39, 0.29) is 38.1 Å². The molecule has 2 fully saturated rings. The molecule has 4 aromatic rings. The van der Waals surface area contributed by atoms with Gasteiger partial charge in [-0.1, -0.05) is 142 Å². The average molecular weight is 817 g/mol. The highest BCUT2D eigenvalue weighted by Crippen LogP contribution is 2.38. The maximum absolute atomic E-state index is 11.8. The van der Waals surface area contributed by atoms with Crippen molar-refractivity contribution in [2.75, 3.05) is 13.2 Å². The first-order valence-electron chi connectivity index (χ1n) is 20.1. The second kappa shape index (κ2) is 20.8. The van der Waals surface area contributed by atoms with Crippen molar-refractivity contribution in [3.8, 4) is 0 Å². The second-order valence-electron chi connectivity index (χ2n) is 16.5. The Morgan fingerprint density at radius 2 is 0.966 bits per heavy atom. The van der Waals surface area contributed by atoms with Crippen LogP contribution >= 0.6 is 0 Å². The summed E-state index contributed by atoms with van der Waals surface area (Å²) >= 11 is 0. The van der Waals surface area contributed by atoms with Gasteiger partial charge in [0.05, 0.1) is 39.6 Å². The largest absolute Gasteiger partial charge is 0.414 e. The van der Waals surface area contributed by atoms with Crippen LogP contribution in [0.3, 0.4) is 0 Å². The van der Waals surface area contributed by atoms with Gasteiger partial charge in [-0.2, -0.15) is 0 Å². The van der Waals surface area contributed by atoms with Crippen molar-refractivity contribution in [2.24, 2.45) is 0 Å². The van der Waals surface area contributed by atoms with Crippen molar-refractivity contribution in [3.63, 3.8) is 0 Å². The Hall–Kier alpha value is -3.34. The van der Waals surface area contributed by atoms with Gasteiger partial charge < -0.3 is 52.9 Å². The van der Waals surface area contributed by atoms with Gasteiger partial charge in [-0.3, -0.25) is 0 Å². The fraction of sp³-hybridized carbons (Fsp3) is 0.478. The summed E-state index contributed by atoms with van der Waals surface area (Å²) in [7, 11) is -2.27. The molecule has 0 bridgehead atoms. The molecule has 0 saturated carbocycles. The molecule has 2 aliphatic rings. The van der Waals surface area contributed by atoms with Gasteiger partial charge in [-0.25, -0.2) is 0 Å². The molecule has 3 N–H and O–H groups in total. The zero-order chi connectivity index (χ0) is 41.1. The molecular formula is C46H60O11Si. The summed E-state index contributed by atoms with van der Waals surface area (Å²) in [6, 6.07) is 39.2. The van der Waals surface area contributed by atoms with E-state index in [2.05, 4.69) is 33.9 Å². The molecule has 0 amide bonds. The van der Waals surface area contributed by atoms with Crippen LogP contribution in [0.5, 0.6) is 0 Å². The highest BCUT2D eigenvalue weighted by Gasteiger charge is 2.53. The Morgan fingerprint density at radius 3 is 1.45 bits per heavy atom. The van der Waals surface area contributed by atoms with Crippen LogP contribution in [0.2, 0.25) is 18.1 Å². The van der Waals surface area contributed by atoms with Gasteiger partial charge in [0.25, 0.3) is 0 Å². The summed E-state index contributed by atoms with van der Waals surface area (Å²) < 4.78 is 52.1. The Balaban J connectivity index is 1.33. The van der Waals surface area contributed by atoms with E-state index < -0.39 is 69.7 Å². The van der Waals surface area contributed by atoms with E-state index in [9.17, 15) is 15.3 Å². The Labute approximate surface area is 343 Å². The van der Waals surface area contributed by atoms with E-state index in [0.717, 1.165) is 22.3 Å². The molecule has 314 valence electrons. The molecule has 2 saturated heterocycles. The van der Waals surface area contributed by atoms with Crippen LogP contribution < -0.4 is 0 Å². The first-order chi connectivity index (χ1) is 27.9. The molecule has 12 heteroatoms. The number of hydrogen-bond donors (Lipinski definition) is 3. The molecule has 0 aromatic heterocycles. The van der Waals surface area contributed by atoms with E-state index in [4.69, 9.17) is 37.6 Å². The smallest absolute Gasteiger partial charge is 0.192 e. The zero-order valence-electron chi connectivity index (χ0n) is 34.2. The molecule has 10 atom stereocenters. The fourth-order valence-corrected chi connectivity index (χ4v) is 7.75. The lowest BCUT2D eigenvalue weighted by atomic mass is 9.96. The van der Waals surface area contributed by atoms with E-state index in [1.807, 2.05) is 121 Å². The van der Waals surface area contributed by atoms with Gasteiger partial charge in [0.1, 0.15) is 48.8 Å². The Morgan fingerprint density at radius 1 is 0.517 bits per heavy atom. The van der Waals surface area contributed by atoms with Crippen LogP contribution in [0.1, 0.15) is 43.0 Å². The summed E-state index contributed by atoms with van der Waals surface area (Å²) in [4.78, 5) is 0. The van der Waals surface area contributed by atoms with Gasteiger partial charge >= 0.3 is 0 Å². The topological polar surface area (TPSA) is 135 Å². The lowest BCUT2D eigenvalue weighted by Crippen LogP contribution is -2.66. The van der Waals surface area contributed by atoms with Crippen molar-refractivity contribution >= 4 is 8.32 Å². The van der Waals surface area contributed by atoms with Crippen LogP contribution in [0.15, 0.2) is 121 Å². The number of rotatable bonds is 18. The molecule has 0 radical (unpaired) electrons. The van der Waals surface area contributed by atoms with Gasteiger partial charge in [0, 0.05) is 0 Å². The SMILES string of the molecule is CC(C)(C)[Si](C)(C)OC[C@H]1O[C@H](O)[C@@H](O)[C@@H](O[C@@H]2O[C@H](COCc3ccccc3)[C@@H](OCc3ccccc3)[C@H](OCc3ccccc3)[C@H]2OCc2ccccc2)[C@@H]1O. The van der Waals surface area contributed by atoms with E-state index in [1.54, 1.807) is 0 Å². The minimum atomic E-state index is -2.27. The van der Waals surface area contributed by atoms with Crippen molar-refractivity contribution in [1.29, 1.82) is 0 Å². The first kappa shape index (κ1) is 44.2. The second-order valence-corrected chi connectivity index (χ2v) is 21.4. The molecule has 0 spiro atoms. The van der Waals surface area contributed by atoms with Crippen molar-refractivity contribution in [1.82, 2.24) is 0 Å². The third kappa shape index (κ3) is 11.9. The van der Waals surface area contributed by atoms with Crippen LogP contribution in [0.25, 0.3) is 0 Å². The highest BCUT2D eigenvalue weighted by molar-refractivity contribution is 6.74. The fourth-order valence-electron chi connectivity index (χ4n) is 6.73. The van der Waals surface area contributed by atoms with Crippen LogP contribution in [0, 0.1) is 0 Å². The maximum Gasteiger partial charge on any atom is 0.192 e. The minimum Gasteiger partial charge on any atom is -0.414 e. The zero-order valence-corrected chi connectivity index (χ0v) is 35.2. The summed E-state index contributed by atoms with van der Waals surface area (Å²) in [6.45, 7) is 11.6. The number of aliphatic hydroxyl groups excluding tert-OH is 3. The van der Waals surface area contributed by atoms with E-state index in [0.29, 0.717) is 6.61 Å². The normalized spacial score (nSPS) is 28.0. The van der Waals surface area contributed by atoms with Gasteiger partial charge in [0.15, 0.2) is 20.9 Å². The van der Waals surface area contributed by atoms with Crippen molar-refractivity contribution in [3.05, 3.63) is 144 Å². The van der Waals surface area contributed by atoms with Gasteiger partial charge in [-0.15, -0.1) is 0 Å². The Kier molecular flexibility index (Phi) is 15.8. The minimum absolute atomic E-state index is 0.00504. The predicted molar refractivity (Wildman–Crippen MR) is 221 cm³/mol. The maximum atomic E-state index is 11.8. The lowest BCUT2D eigenvalue weighted by Gasteiger charge is -2.49. The molecule has 0 aliphatic carbocycles. The van der Waals surface area contributed by atoms with E-state index in [1.165, 1.54) is 0 Å². The molecule has 4 aromatic carbocycles. The molecule has 2 aliphatic heterocycles. The summed E-state index contributed by atoms with van der Waals surface area (Å²) in [5.41, 5.74) is 3.79. The van der Waals surface area contributed by atoms with Crippen molar-refractivity contribution in [2.45, 2.75) is 127 Å². The number of ether oxygens (including phenoxy) is 7. The van der Waals surface area contributed by atoms with Gasteiger partial charge in [-0.05, 0) is 40.4 Å². The van der Waals surface area contributed by atoms with Gasteiger partial charge in [0.2, 0.25) is 0 Å². The summed E-state index contributed by atoms with van der Waals surface area (Å²) in [5.74, 6) is 0. The predicted octanol–water partition coefficient (Wildman–Crippen LogP) is 6.53. The molecule has 6 rings (SSSR count). The summed E-state index contributed by atoms with van der Waals surface area (Å²) in [6.07, 6.45) is -11.5. The van der Waals surface area contributed by atoms with Crippen LogP contribution in [-0.2, 0) is 64.0 Å². The van der Waals surface area contributed by atoms with E-state index >= 15 is 0 Å². The van der Waals surface area contributed by atoms with Crippen molar-refractivity contribution < 1.29 is 52.9 Å². The molecule has 2 heterocycles. The highest BCUT2D eigenvalue weighted by atomic mass is 28.4. The third-order valence-corrected chi connectivity index (χ3v) is 15.7. The molecular weight excluding hydrogens is 757 g/mol. The third-order valence-electron chi connectivity index (χ3n) is 11.2.